The first-order chi connectivity index (χ1) is 10.2. The summed E-state index contributed by atoms with van der Waals surface area (Å²) < 4.78 is 2.19. The van der Waals surface area contributed by atoms with Gasteiger partial charge in [-0.25, -0.2) is 4.98 Å². The van der Waals surface area contributed by atoms with Crippen molar-refractivity contribution >= 4 is 0 Å². The van der Waals surface area contributed by atoms with E-state index in [1.165, 1.54) is 11.3 Å². The first kappa shape index (κ1) is 13.6. The number of benzene rings is 1. The van der Waals surface area contributed by atoms with Gasteiger partial charge in [0.2, 0.25) is 0 Å². The molecule has 0 N–H and O–H groups in total. The largest absolute Gasteiger partial charge is 0.325 e. The van der Waals surface area contributed by atoms with Gasteiger partial charge in [0.05, 0.1) is 23.8 Å². The Labute approximate surface area is 125 Å². The van der Waals surface area contributed by atoms with Crippen LogP contribution in [-0.4, -0.2) is 14.5 Å². The predicted molar refractivity (Wildman–Crippen MR) is 85.2 cm³/mol. The fourth-order valence-electron chi connectivity index (χ4n) is 2.76. The molecule has 1 atom stereocenters. The lowest BCUT2D eigenvalue weighted by atomic mass is 10.1. The van der Waals surface area contributed by atoms with E-state index in [1.807, 2.05) is 36.8 Å². The van der Waals surface area contributed by atoms with E-state index in [0.29, 0.717) is 0 Å². The molecule has 1 aromatic carbocycles. The highest BCUT2D eigenvalue weighted by Gasteiger charge is 2.16. The third kappa shape index (κ3) is 2.47. The summed E-state index contributed by atoms with van der Waals surface area (Å²) in [6, 6.07) is 14.5. The number of nitrogens with zero attached hydrogens (tertiary/aromatic N) is 3. The van der Waals surface area contributed by atoms with Crippen molar-refractivity contribution in [1.82, 2.24) is 14.5 Å². The van der Waals surface area contributed by atoms with Gasteiger partial charge in [-0.05, 0) is 32.4 Å². The molecule has 0 aliphatic heterocycles. The Bertz CT molecular complexity index is 744. The Morgan fingerprint density at radius 2 is 1.71 bits per heavy atom. The average molecular weight is 277 g/mol. The second kappa shape index (κ2) is 5.52. The Kier molecular flexibility index (Phi) is 3.57. The lowest BCUT2D eigenvalue weighted by Crippen LogP contribution is -2.10. The summed E-state index contributed by atoms with van der Waals surface area (Å²) in [5, 5.41) is 0. The smallest absolute Gasteiger partial charge is 0.0962 e. The highest BCUT2D eigenvalue weighted by Crippen LogP contribution is 2.26. The van der Waals surface area contributed by atoms with E-state index in [2.05, 4.69) is 53.5 Å². The summed E-state index contributed by atoms with van der Waals surface area (Å²) in [5.74, 6) is 0. The maximum Gasteiger partial charge on any atom is 0.0962 e. The van der Waals surface area contributed by atoms with Crippen molar-refractivity contribution in [2.45, 2.75) is 26.8 Å². The molecule has 0 fully saturated rings. The molecule has 0 aliphatic carbocycles. The first-order valence-corrected chi connectivity index (χ1v) is 7.19. The Hall–Kier alpha value is -2.42. The van der Waals surface area contributed by atoms with Crippen molar-refractivity contribution in [1.29, 1.82) is 0 Å². The van der Waals surface area contributed by atoms with Gasteiger partial charge in [0.1, 0.15) is 0 Å². The van der Waals surface area contributed by atoms with E-state index in [1.54, 1.807) is 0 Å². The topological polar surface area (TPSA) is 30.7 Å². The van der Waals surface area contributed by atoms with Gasteiger partial charge < -0.3 is 4.57 Å². The molecule has 21 heavy (non-hydrogen) atoms. The van der Waals surface area contributed by atoms with Gasteiger partial charge in [0.15, 0.2) is 0 Å². The van der Waals surface area contributed by atoms with E-state index in [0.717, 1.165) is 17.0 Å². The SMILES string of the molecule is Cc1cccnc1[C@H](C)n1cnc(-c2ccccc2)c1C. The number of pyridine rings is 1. The van der Waals surface area contributed by atoms with Crippen LogP contribution in [-0.2, 0) is 0 Å². The van der Waals surface area contributed by atoms with Crippen LogP contribution in [0, 0.1) is 13.8 Å². The molecule has 106 valence electrons. The van der Waals surface area contributed by atoms with Gasteiger partial charge in [0, 0.05) is 17.5 Å². The minimum atomic E-state index is 0.177. The van der Waals surface area contributed by atoms with E-state index < -0.39 is 0 Å². The van der Waals surface area contributed by atoms with Crippen LogP contribution in [0.5, 0.6) is 0 Å². The van der Waals surface area contributed by atoms with Crippen molar-refractivity contribution in [3.63, 3.8) is 0 Å². The zero-order valence-corrected chi connectivity index (χ0v) is 12.6. The highest BCUT2D eigenvalue weighted by atomic mass is 15.1. The molecule has 0 saturated carbocycles. The van der Waals surface area contributed by atoms with Crippen molar-refractivity contribution in [2.75, 3.05) is 0 Å². The van der Waals surface area contributed by atoms with Crippen LogP contribution in [0.2, 0.25) is 0 Å². The van der Waals surface area contributed by atoms with Crippen LogP contribution >= 0.6 is 0 Å². The van der Waals surface area contributed by atoms with Gasteiger partial charge in [-0.1, -0.05) is 36.4 Å². The number of imidazole rings is 1. The Morgan fingerprint density at radius 1 is 0.952 bits per heavy atom. The number of rotatable bonds is 3. The first-order valence-electron chi connectivity index (χ1n) is 7.19. The van der Waals surface area contributed by atoms with Gasteiger partial charge in [-0.2, -0.15) is 0 Å². The summed E-state index contributed by atoms with van der Waals surface area (Å²) in [7, 11) is 0. The molecule has 3 heteroatoms. The third-order valence-corrected chi connectivity index (χ3v) is 3.95. The monoisotopic (exact) mass is 277 g/mol. The van der Waals surface area contributed by atoms with E-state index >= 15 is 0 Å². The van der Waals surface area contributed by atoms with Gasteiger partial charge >= 0.3 is 0 Å². The molecule has 0 bridgehead atoms. The predicted octanol–water partition coefficient (Wildman–Crippen LogP) is 4.17. The second-order valence-corrected chi connectivity index (χ2v) is 5.33. The summed E-state index contributed by atoms with van der Waals surface area (Å²) >= 11 is 0. The van der Waals surface area contributed by atoms with Crippen molar-refractivity contribution in [3.05, 3.63) is 71.9 Å². The standard InChI is InChI=1S/C18H19N3/c1-13-8-7-11-19-17(13)14(2)21-12-20-18(15(21)3)16-9-5-4-6-10-16/h4-12,14H,1-3H3/t14-/m0/s1. The van der Waals surface area contributed by atoms with E-state index in [-0.39, 0.29) is 6.04 Å². The van der Waals surface area contributed by atoms with Crippen molar-refractivity contribution < 1.29 is 0 Å². The quantitative estimate of drug-likeness (QED) is 0.719. The van der Waals surface area contributed by atoms with Crippen LogP contribution in [0.3, 0.4) is 0 Å². The normalized spacial score (nSPS) is 12.3. The molecule has 3 aromatic rings. The van der Waals surface area contributed by atoms with Crippen molar-refractivity contribution in [3.8, 4) is 11.3 Å². The van der Waals surface area contributed by atoms with Gasteiger partial charge in [-0.3, -0.25) is 4.98 Å². The zero-order chi connectivity index (χ0) is 14.8. The molecule has 3 nitrogen and oxygen atoms in total. The van der Waals surface area contributed by atoms with Crippen LogP contribution in [0.15, 0.2) is 55.0 Å². The average Bonchev–Trinajstić information content (AvgIpc) is 2.90. The lowest BCUT2D eigenvalue weighted by molar-refractivity contribution is 0.602. The molecule has 3 rings (SSSR count). The number of hydrogen-bond acceptors (Lipinski definition) is 2. The zero-order valence-electron chi connectivity index (χ0n) is 12.6. The van der Waals surface area contributed by atoms with E-state index in [4.69, 9.17) is 0 Å². The molecule has 0 saturated heterocycles. The summed E-state index contributed by atoms with van der Waals surface area (Å²) in [6.07, 6.45) is 3.76. The minimum absolute atomic E-state index is 0.177. The molecular weight excluding hydrogens is 258 g/mol. The van der Waals surface area contributed by atoms with Crippen LogP contribution < -0.4 is 0 Å². The lowest BCUT2D eigenvalue weighted by Gasteiger charge is -2.17. The molecule has 2 aromatic heterocycles. The molecule has 0 radical (unpaired) electrons. The molecule has 0 amide bonds. The van der Waals surface area contributed by atoms with Crippen molar-refractivity contribution in [2.24, 2.45) is 0 Å². The van der Waals surface area contributed by atoms with Crippen LogP contribution in [0.25, 0.3) is 11.3 Å². The molecular formula is C18H19N3. The number of hydrogen-bond donors (Lipinski definition) is 0. The Balaban J connectivity index is 2.02. The number of aromatic nitrogens is 3. The number of aryl methyl sites for hydroxylation is 1. The maximum atomic E-state index is 4.60. The minimum Gasteiger partial charge on any atom is -0.325 e. The van der Waals surface area contributed by atoms with Gasteiger partial charge in [0.25, 0.3) is 0 Å². The highest BCUT2D eigenvalue weighted by molar-refractivity contribution is 5.61. The fourth-order valence-corrected chi connectivity index (χ4v) is 2.76. The molecule has 0 spiro atoms. The summed E-state index contributed by atoms with van der Waals surface area (Å²) in [5.41, 5.74) is 5.66. The van der Waals surface area contributed by atoms with Crippen LogP contribution in [0.1, 0.15) is 29.9 Å². The molecule has 2 heterocycles. The Morgan fingerprint density at radius 3 is 2.43 bits per heavy atom. The molecule has 0 aliphatic rings. The fraction of sp³-hybridized carbons (Fsp3) is 0.222. The van der Waals surface area contributed by atoms with Gasteiger partial charge in [-0.15, -0.1) is 0 Å². The molecule has 0 unspecified atom stereocenters. The van der Waals surface area contributed by atoms with Crippen LogP contribution in [0.4, 0.5) is 0 Å². The third-order valence-electron chi connectivity index (χ3n) is 3.95. The summed E-state index contributed by atoms with van der Waals surface area (Å²) in [6.45, 7) is 6.38. The summed E-state index contributed by atoms with van der Waals surface area (Å²) in [4.78, 5) is 9.13. The second-order valence-electron chi connectivity index (χ2n) is 5.33. The van der Waals surface area contributed by atoms with E-state index in [9.17, 15) is 0 Å². The maximum absolute atomic E-state index is 4.60.